The summed E-state index contributed by atoms with van der Waals surface area (Å²) in [6.07, 6.45) is 0. The molecule has 0 saturated carbocycles. The molecule has 328 valence electrons. The minimum absolute atomic E-state index is 0.488. The van der Waals surface area contributed by atoms with Gasteiger partial charge in [-0.25, -0.2) is 0 Å². The number of nitriles is 2. The van der Waals surface area contributed by atoms with Gasteiger partial charge in [0.05, 0.1) is 73.5 Å². The van der Waals surface area contributed by atoms with Gasteiger partial charge in [0.2, 0.25) is 0 Å². The molecule has 7 nitrogen and oxygen atoms in total. The van der Waals surface area contributed by atoms with Crippen LogP contribution < -0.4 is 9.64 Å². The van der Waals surface area contributed by atoms with Gasteiger partial charge in [-0.05, 0) is 96.6 Å². The molecule has 70 heavy (non-hydrogen) atoms. The van der Waals surface area contributed by atoms with Gasteiger partial charge in [-0.1, -0.05) is 121 Å². The fraction of sp³-hybridized carbons (Fsp3) is 0. The van der Waals surface area contributed by atoms with E-state index < -0.39 is 0 Å². The molecule has 3 aromatic heterocycles. The number of furan rings is 1. The first-order chi connectivity index (χ1) is 34.5. The fourth-order valence-electron chi connectivity index (χ4n) is 10.3. The van der Waals surface area contributed by atoms with Gasteiger partial charge in [-0.2, -0.15) is 10.5 Å². The van der Waals surface area contributed by atoms with Crippen molar-refractivity contribution in [3.63, 3.8) is 0 Å². The van der Waals surface area contributed by atoms with E-state index >= 15 is 0 Å². The third kappa shape index (κ3) is 6.65. The van der Waals surface area contributed by atoms with E-state index in [1.807, 2.05) is 115 Å². The Morgan fingerprint density at radius 2 is 1.07 bits per heavy atom. The fourth-order valence-corrected chi connectivity index (χ4v) is 10.5. The van der Waals surface area contributed by atoms with Gasteiger partial charge in [0.1, 0.15) is 22.7 Å². The Morgan fingerprint density at radius 1 is 0.457 bits per heavy atom. The molecule has 0 amide bonds. The van der Waals surface area contributed by atoms with Gasteiger partial charge >= 0.3 is 0 Å². The van der Waals surface area contributed by atoms with Crippen LogP contribution >= 0.6 is 11.6 Å². The van der Waals surface area contributed by atoms with E-state index in [1.165, 1.54) is 0 Å². The Bertz CT molecular complexity index is 4340. The quantitative estimate of drug-likeness (QED) is 0.152. The highest BCUT2D eigenvalue weighted by atomic mass is 35.5. The number of benzene rings is 10. The van der Waals surface area contributed by atoms with Crippen molar-refractivity contribution in [2.75, 3.05) is 4.90 Å². The molecule has 0 unspecified atom stereocenters. The second-order valence-electron chi connectivity index (χ2n) is 17.3. The summed E-state index contributed by atoms with van der Waals surface area (Å²) in [4.78, 5) is 2.23. The molecule has 0 bridgehead atoms. The topological polar surface area (TPSA) is 83.0 Å². The molecule has 3 heterocycles. The van der Waals surface area contributed by atoms with Crippen molar-refractivity contribution < 1.29 is 9.15 Å². The number of nitrogens with zero attached hydrogens (tertiary/aromatic N) is 5. The Morgan fingerprint density at radius 3 is 1.81 bits per heavy atom. The predicted molar refractivity (Wildman–Crippen MR) is 283 cm³/mol. The lowest BCUT2D eigenvalue weighted by Crippen LogP contribution is -2.12. The molecular formula is C62H36ClN5O2. The maximum Gasteiger partial charge on any atom is 0.139 e. The Kier molecular flexibility index (Phi) is 9.52. The van der Waals surface area contributed by atoms with E-state index in [4.69, 9.17) is 20.8 Å². The summed E-state index contributed by atoms with van der Waals surface area (Å²) >= 11 is 7.20. The number of hydrogen-bond donors (Lipinski definition) is 0. The third-order valence-electron chi connectivity index (χ3n) is 13.2. The van der Waals surface area contributed by atoms with Crippen molar-refractivity contribution in [1.82, 2.24) is 9.13 Å². The van der Waals surface area contributed by atoms with Crippen LogP contribution in [0, 0.1) is 22.7 Å². The van der Waals surface area contributed by atoms with E-state index in [1.54, 1.807) is 0 Å². The van der Waals surface area contributed by atoms with E-state index in [0.717, 1.165) is 99.5 Å². The maximum atomic E-state index is 10.00. The highest BCUT2D eigenvalue weighted by molar-refractivity contribution is 6.31. The molecule has 13 aromatic rings. The molecule has 0 spiro atoms. The van der Waals surface area contributed by atoms with Crippen LogP contribution in [-0.2, 0) is 0 Å². The minimum Gasteiger partial charge on any atom is -0.457 e. The summed E-state index contributed by atoms with van der Waals surface area (Å²) in [6.45, 7) is 0. The summed E-state index contributed by atoms with van der Waals surface area (Å²) in [6, 6.07) is 78.0. The molecule has 0 fully saturated rings. The predicted octanol–water partition coefficient (Wildman–Crippen LogP) is 17.1. The van der Waals surface area contributed by atoms with Crippen molar-refractivity contribution >= 4 is 94.2 Å². The Labute approximate surface area is 406 Å². The molecule has 0 aliphatic heterocycles. The van der Waals surface area contributed by atoms with Crippen LogP contribution in [0.3, 0.4) is 0 Å². The van der Waals surface area contributed by atoms with Crippen molar-refractivity contribution in [2.45, 2.75) is 0 Å². The smallest absolute Gasteiger partial charge is 0.139 e. The number of halogens is 1. The zero-order chi connectivity index (χ0) is 46.9. The van der Waals surface area contributed by atoms with Crippen molar-refractivity contribution in [1.29, 1.82) is 10.5 Å². The van der Waals surface area contributed by atoms with E-state index in [-0.39, 0.29) is 0 Å². The second-order valence-corrected chi connectivity index (χ2v) is 17.7. The summed E-state index contributed by atoms with van der Waals surface area (Å²) in [5.41, 5.74) is 13.1. The number of hydrogen-bond acceptors (Lipinski definition) is 5. The summed E-state index contributed by atoms with van der Waals surface area (Å²) in [5.74, 6) is 1.17. The third-order valence-corrected chi connectivity index (χ3v) is 13.4. The maximum absolute atomic E-state index is 10.00. The second kappa shape index (κ2) is 16.4. The molecule has 0 saturated heterocycles. The largest absolute Gasteiger partial charge is 0.457 e. The molecule has 0 atom stereocenters. The van der Waals surface area contributed by atoms with Crippen LogP contribution in [0.25, 0.3) is 88.1 Å². The average Bonchev–Trinajstić information content (AvgIpc) is 4.06. The molecule has 8 heteroatoms. The van der Waals surface area contributed by atoms with Crippen LogP contribution in [0.4, 0.5) is 17.1 Å². The molecule has 10 aromatic carbocycles. The highest BCUT2D eigenvalue weighted by Crippen LogP contribution is 2.48. The highest BCUT2D eigenvalue weighted by Gasteiger charge is 2.25. The zero-order valence-corrected chi connectivity index (χ0v) is 38.0. The van der Waals surface area contributed by atoms with Gasteiger partial charge in [0.15, 0.2) is 0 Å². The lowest BCUT2D eigenvalue weighted by molar-refractivity contribution is 0.482. The van der Waals surface area contributed by atoms with Gasteiger partial charge < -0.3 is 23.2 Å². The van der Waals surface area contributed by atoms with Gasteiger partial charge in [-0.3, -0.25) is 0 Å². The standard InChI is InChI=1S/C62H36ClN5O2/c63-42-31-44(34-47(32-42)69-46-16-12-15-43(33-46)67-55-22-9-5-18-49(55)52-29-39(37-64)25-27-57(52)67)66(54-21-8-4-17-48(54)41-13-2-1-3-14-41)45-35-59(62-51-20-7-11-24-60(51)70-61(62)36-45)68-56-23-10-6-19-50(56)53-30-40(38-65)26-28-58(53)68/h1-36H. The monoisotopic (exact) mass is 917 g/mol. The molecular weight excluding hydrogens is 882 g/mol. The number of fused-ring (bicyclic) bond motifs is 9. The zero-order valence-electron chi connectivity index (χ0n) is 37.2. The van der Waals surface area contributed by atoms with E-state index in [9.17, 15) is 10.5 Å². The van der Waals surface area contributed by atoms with Crippen LogP contribution in [0.1, 0.15) is 11.1 Å². The van der Waals surface area contributed by atoms with E-state index in [2.05, 4.69) is 129 Å². The minimum atomic E-state index is 0.488. The van der Waals surface area contributed by atoms with Crippen molar-refractivity contribution in [3.8, 4) is 46.1 Å². The van der Waals surface area contributed by atoms with Crippen LogP contribution in [0.2, 0.25) is 5.02 Å². The summed E-state index contributed by atoms with van der Waals surface area (Å²) < 4.78 is 18.1. The van der Waals surface area contributed by atoms with Crippen LogP contribution in [-0.4, -0.2) is 9.13 Å². The summed E-state index contributed by atoms with van der Waals surface area (Å²) in [7, 11) is 0. The molecule has 0 N–H and O–H groups in total. The molecule has 13 rings (SSSR count). The van der Waals surface area contributed by atoms with E-state index in [0.29, 0.717) is 33.2 Å². The SMILES string of the molecule is N#Cc1ccc2c(c1)c1ccccc1n2-c1cccc(Oc2cc(Cl)cc(N(c3cc(-n4c5ccccc5c5cc(C#N)ccc54)c4c(c3)oc3ccccc34)c3ccccc3-c3ccccc3)c2)c1. The normalized spacial score (nSPS) is 11.5. The van der Waals surface area contributed by atoms with Crippen LogP contribution in [0.15, 0.2) is 223 Å². The van der Waals surface area contributed by atoms with Crippen molar-refractivity contribution in [3.05, 3.63) is 235 Å². The lowest BCUT2D eigenvalue weighted by atomic mass is 10.0. The van der Waals surface area contributed by atoms with Gasteiger partial charge in [0.25, 0.3) is 0 Å². The van der Waals surface area contributed by atoms with Gasteiger partial charge in [0, 0.05) is 61.4 Å². The summed E-state index contributed by atoms with van der Waals surface area (Å²) in [5, 5.41) is 26.3. The van der Waals surface area contributed by atoms with Crippen LogP contribution in [0.5, 0.6) is 11.5 Å². The average molecular weight is 918 g/mol. The number of para-hydroxylation sites is 4. The molecule has 0 radical (unpaired) electrons. The number of aromatic nitrogens is 2. The first-order valence-electron chi connectivity index (χ1n) is 22.9. The number of anilines is 3. The first kappa shape index (κ1) is 40.7. The number of rotatable bonds is 8. The first-order valence-corrected chi connectivity index (χ1v) is 23.2. The Hall–Kier alpha value is -9.53. The van der Waals surface area contributed by atoms with Gasteiger partial charge in [-0.15, -0.1) is 0 Å². The molecule has 0 aliphatic rings. The molecule has 0 aliphatic carbocycles. The number of ether oxygens (including phenoxy) is 1. The lowest BCUT2D eigenvalue weighted by Gasteiger charge is -2.29. The van der Waals surface area contributed by atoms with Crippen molar-refractivity contribution in [2.24, 2.45) is 0 Å². The Balaban J connectivity index is 1.02.